The van der Waals surface area contributed by atoms with Gasteiger partial charge in [-0.1, -0.05) is 57.2 Å². The van der Waals surface area contributed by atoms with Gasteiger partial charge in [0.05, 0.1) is 9.79 Å². The summed E-state index contributed by atoms with van der Waals surface area (Å²) in [5, 5.41) is 20.0. The molecule has 0 bridgehead atoms. The largest absolute Gasteiger partial charge is 0.544 e. The van der Waals surface area contributed by atoms with Crippen LogP contribution >= 0.6 is 0 Å². The molecule has 318 valence electrons. The van der Waals surface area contributed by atoms with E-state index in [-0.39, 0.29) is 20.6 Å². The van der Waals surface area contributed by atoms with Gasteiger partial charge < -0.3 is 30.8 Å². The number of phenols is 1. The fourth-order valence-corrected chi connectivity index (χ4v) is 8.21. The molecule has 4 amide bonds. The van der Waals surface area contributed by atoms with Crippen molar-refractivity contribution in [1.82, 2.24) is 0 Å². The summed E-state index contributed by atoms with van der Waals surface area (Å²) in [5.74, 6) is 0.875. The Hall–Kier alpha value is -6.82. The normalized spacial score (nSPS) is 11.5. The zero-order valence-electron chi connectivity index (χ0n) is 34.1. The molecule has 0 aliphatic carbocycles. The number of carbonyl (C=O) groups excluding carboxylic acids is 2. The molecule has 7 N–H and O–H groups in total. The Balaban J connectivity index is 0.000000237. The fourth-order valence-electron chi connectivity index (χ4n) is 5.06. The highest BCUT2D eigenvalue weighted by Gasteiger charge is 2.39. The zero-order valence-corrected chi connectivity index (χ0v) is 36.8. The predicted octanol–water partition coefficient (Wildman–Crippen LogP) is 10.4. The molecule has 6 rings (SSSR count). The molecule has 0 atom stereocenters. The SMILES string of the molecule is CC(C)(C)[Si](C)(C)Oc1ccc(NC(=O)Nc2ccc(S(=O)(=O)Nc3ccccc3)cc2)cc1.O=C(Nc1ccc(O)cc1)Nc1ccc(S(=O)(=O)Nc2ccccc2)cc1. The minimum atomic E-state index is -3.72. The molecule has 6 aromatic rings. The van der Waals surface area contributed by atoms with E-state index in [0.29, 0.717) is 34.1 Å². The summed E-state index contributed by atoms with van der Waals surface area (Å²) in [4.78, 5) is 24.5. The predicted molar refractivity (Wildman–Crippen MR) is 245 cm³/mol. The molecule has 0 aromatic heterocycles. The molecule has 17 heteroatoms. The van der Waals surface area contributed by atoms with Crippen LogP contribution in [0.1, 0.15) is 20.8 Å². The monoisotopic (exact) mass is 880 g/mol. The smallest absolute Gasteiger partial charge is 0.323 e. The molecule has 0 aliphatic heterocycles. The standard InChI is InChI=1S/C25H31N3O4SSi.C19H17N3O4S/c1-25(2,3)34(4,5)32-22-15-11-19(12-16-22)26-24(29)27-20-13-17-23(18-14-20)33(30,31)28-21-9-7-6-8-10-21;23-17-10-6-14(7-11-17)20-19(24)21-15-8-12-18(13-9-15)27(25,26)22-16-4-2-1-3-5-16/h6-18,28H,1-5H3,(H2,26,27,29);1-13,22-23H,(H2,20,21,24). The van der Waals surface area contributed by atoms with Crippen LogP contribution in [0.4, 0.5) is 43.7 Å². The van der Waals surface area contributed by atoms with Crippen LogP contribution in [-0.4, -0.2) is 42.3 Å². The first kappa shape index (κ1) is 45.3. The number of hydrogen-bond acceptors (Lipinski definition) is 8. The third-order valence-corrected chi connectivity index (χ3v) is 16.5. The Labute approximate surface area is 357 Å². The van der Waals surface area contributed by atoms with Gasteiger partial charge in [0.15, 0.2) is 0 Å². The highest BCUT2D eigenvalue weighted by molar-refractivity contribution is 7.93. The van der Waals surface area contributed by atoms with E-state index in [0.717, 1.165) is 5.75 Å². The fraction of sp³-hybridized carbons (Fsp3) is 0.136. The molecule has 0 radical (unpaired) electrons. The number of carbonyl (C=O) groups is 2. The van der Waals surface area contributed by atoms with E-state index in [1.54, 1.807) is 84.9 Å². The summed E-state index contributed by atoms with van der Waals surface area (Å²) < 4.78 is 61.1. The van der Waals surface area contributed by atoms with E-state index in [1.165, 1.54) is 60.7 Å². The lowest BCUT2D eigenvalue weighted by atomic mass is 10.2. The summed E-state index contributed by atoms with van der Waals surface area (Å²) in [6.45, 7) is 10.9. The van der Waals surface area contributed by atoms with Gasteiger partial charge in [0.1, 0.15) is 11.5 Å². The summed E-state index contributed by atoms with van der Waals surface area (Å²) in [6.07, 6.45) is 0. The molecule has 61 heavy (non-hydrogen) atoms. The second-order valence-electron chi connectivity index (χ2n) is 15.1. The second kappa shape index (κ2) is 19.5. The molecule has 0 unspecified atom stereocenters. The number of anilines is 6. The summed E-state index contributed by atoms with van der Waals surface area (Å²) >= 11 is 0. The van der Waals surface area contributed by atoms with Crippen LogP contribution in [0, 0.1) is 0 Å². The Morgan fingerprint density at radius 1 is 0.475 bits per heavy atom. The van der Waals surface area contributed by atoms with E-state index in [4.69, 9.17) is 4.43 Å². The molecule has 0 aliphatic rings. The van der Waals surface area contributed by atoms with E-state index in [9.17, 15) is 31.5 Å². The number of aromatic hydroxyl groups is 1. The van der Waals surface area contributed by atoms with Crippen molar-refractivity contribution in [3.05, 3.63) is 158 Å². The number of para-hydroxylation sites is 2. The van der Waals surface area contributed by atoms with E-state index >= 15 is 0 Å². The van der Waals surface area contributed by atoms with E-state index in [1.807, 2.05) is 12.1 Å². The molecule has 0 saturated carbocycles. The van der Waals surface area contributed by atoms with Crippen molar-refractivity contribution in [2.45, 2.75) is 48.7 Å². The molecular weight excluding hydrogens is 833 g/mol. The van der Waals surface area contributed by atoms with Gasteiger partial charge in [0, 0.05) is 34.1 Å². The van der Waals surface area contributed by atoms with Crippen LogP contribution in [0.15, 0.2) is 168 Å². The topological polar surface area (TPSA) is 204 Å². The van der Waals surface area contributed by atoms with Crippen molar-refractivity contribution in [1.29, 1.82) is 0 Å². The number of phenolic OH excluding ortho intramolecular Hbond substituents is 1. The zero-order chi connectivity index (χ0) is 44.3. The van der Waals surface area contributed by atoms with Crippen molar-refractivity contribution in [2.24, 2.45) is 0 Å². The first-order valence-electron chi connectivity index (χ1n) is 18.9. The van der Waals surface area contributed by atoms with Crippen LogP contribution in [0.25, 0.3) is 0 Å². The highest BCUT2D eigenvalue weighted by Crippen LogP contribution is 2.37. The van der Waals surface area contributed by atoms with Crippen LogP contribution in [-0.2, 0) is 20.0 Å². The molecule has 0 spiro atoms. The lowest BCUT2D eigenvalue weighted by molar-refractivity contribution is 0.261. The van der Waals surface area contributed by atoms with Crippen molar-refractivity contribution >= 4 is 74.6 Å². The summed E-state index contributed by atoms with van der Waals surface area (Å²) in [7, 11) is -9.37. The van der Waals surface area contributed by atoms with Gasteiger partial charge in [-0.3, -0.25) is 9.44 Å². The van der Waals surface area contributed by atoms with Crippen molar-refractivity contribution in [2.75, 3.05) is 30.7 Å². The minimum absolute atomic E-state index is 0.0795. The number of rotatable bonds is 12. The van der Waals surface area contributed by atoms with E-state index < -0.39 is 40.4 Å². The second-order valence-corrected chi connectivity index (χ2v) is 23.2. The highest BCUT2D eigenvalue weighted by atomic mass is 32.2. The maximum absolute atomic E-state index is 12.5. The van der Waals surface area contributed by atoms with Crippen molar-refractivity contribution < 1.29 is 36.0 Å². The third-order valence-electron chi connectivity index (χ3n) is 9.31. The molecular formula is C44H48N6O8S2Si. The van der Waals surface area contributed by atoms with Gasteiger partial charge in [-0.2, -0.15) is 0 Å². The van der Waals surface area contributed by atoms with Gasteiger partial charge in [-0.05, 0) is 139 Å². The number of sulfonamides is 2. The lowest BCUT2D eigenvalue weighted by Gasteiger charge is -2.36. The first-order valence-corrected chi connectivity index (χ1v) is 24.8. The third kappa shape index (κ3) is 13.6. The van der Waals surface area contributed by atoms with Crippen LogP contribution in [0.3, 0.4) is 0 Å². The number of urea groups is 2. The summed E-state index contributed by atoms with van der Waals surface area (Å²) in [6, 6.07) is 41.3. The quantitative estimate of drug-likeness (QED) is 0.0464. The van der Waals surface area contributed by atoms with Crippen LogP contribution in [0.5, 0.6) is 11.5 Å². The van der Waals surface area contributed by atoms with Crippen molar-refractivity contribution in [3.63, 3.8) is 0 Å². The number of amides is 4. The van der Waals surface area contributed by atoms with Crippen LogP contribution < -0.4 is 35.1 Å². The Kier molecular flexibility index (Phi) is 14.5. The molecule has 0 saturated heterocycles. The Morgan fingerprint density at radius 3 is 1.11 bits per heavy atom. The minimum Gasteiger partial charge on any atom is -0.544 e. The average molecular weight is 881 g/mol. The summed E-state index contributed by atoms with van der Waals surface area (Å²) in [5.41, 5.74) is 2.97. The van der Waals surface area contributed by atoms with E-state index in [2.05, 4.69) is 64.6 Å². The molecule has 6 aromatic carbocycles. The first-order chi connectivity index (χ1) is 28.8. The average Bonchev–Trinajstić information content (AvgIpc) is 3.20. The Morgan fingerprint density at radius 2 is 0.787 bits per heavy atom. The number of hydrogen-bond donors (Lipinski definition) is 7. The van der Waals surface area contributed by atoms with Crippen LogP contribution in [0.2, 0.25) is 18.1 Å². The maximum atomic E-state index is 12.5. The molecule has 0 fully saturated rings. The maximum Gasteiger partial charge on any atom is 0.323 e. The molecule has 14 nitrogen and oxygen atoms in total. The lowest BCUT2D eigenvalue weighted by Crippen LogP contribution is -2.43. The number of benzene rings is 6. The van der Waals surface area contributed by atoms with Gasteiger partial charge >= 0.3 is 12.1 Å². The molecule has 0 heterocycles. The van der Waals surface area contributed by atoms with Gasteiger partial charge in [0.25, 0.3) is 20.0 Å². The number of nitrogens with one attached hydrogen (secondary N) is 6. The van der Waals surface area contributed by atoms with Crippen molar-refractivity contribution in [3.8, 4) is 11.5 Å². The van der Waals surface area contributed by atoms with Gasteiger partial charge in [0.2, 0.25) is 8.32 Å². The van der Waals surface area contributed by atoms with Gasteiger partial charge in [-0.15, -0.1) is 0 Å². The Bertz CT molecular complexity index is 2610. The van der Waals surface area contributed by atoms with Gasteiger partial charge in [-0.25, -0.2) is 26.4 Å².